The molecule has 0 amide bonds. The number of esters is 1. The van der Waals surface area contributed by atoms with Crippen molar-refractivity contribution < 1.29 is 27.6 Å². The van der Waals surface area contributed by atoms with Crippen LogP contribution >= 0.6 is 0 Å². The lowest BCUT2D eigenvalue weighted by Gasteiger charge is -2.05. The van der Waals surface area contributed by atoms with Crippen LogP contribution in [0.3, 0.4) is 0 Å². The third kappa shape index (κ3) is 4.16. The number of ether oxygens (including phenoxy) is 2. The summed E-state index contributed by atoms with van der Waals surface area (Å²) in [7, 11) is -1.51. The second-order valence-corrected chi connectivity index (χ2v) is 5.80. The zero-order valence-corrected chi connectivity index (χ0v) is 11.5. The maximum atomic E-state index is 11.7. The third-order valence-electron chi connectivity index (χ3n) is 2.23. The van der Waals surface area contributed by atoms with E-state index in [4.69, 9.17) is 4.74 Å². The summed E-state index contributed by atoms with van der Waals surface area (Å²) < 4.78 is 32.3. The van der Waals surface area contributed by atoms with Crippen molar-refractivity contribution in [3.8, 4) is 5.88 Å². The molecule has 0 saturated heterocycles. The van der Waals surface area contributed by atoms with E-state index in [9.17, 15) is 23.3 Å². The number of sulfone groups is 1. The Morgan fingerprint density at radius 2 is 2.10 bits per heavy atom. The van der Waals surface area contributed by atoms with Crippen LogP contribution in [-0.4, -0.2) is 44.3 Å². The summed E-state index contributed by atoms with van der Waals surface area (Å²) >= 11 is 0. The van der Waals surface area contributed by atoms with Gasteiger partial charge in [0.05, 0.1) is 24.9 Å². The molecule has 0 N–H and O–H groups in total. The van der Waals surface area contributed by atoms with E-state index in [1.807, 2.05) is 0 Å². The Morgan fingerprint density at radius 1 is 1.45 bits per heavy atom. The zero-order valence-electron chi connectivity index (χ0n) is 10.7. The number of nitro groups is 1. The molecular weight excluding hydrogens is 292 g/mol. The molecule has 1 aromatic rings. The van der Waals surface area contributed by atoms with Gasteiger partial charge in [-0.1, -0.05) is 0 Å². The average Bonchev–Trinajstić information content (AvgIpc) is 2.37. The van der Waals surface area contributed by atoms with Gasteiger partial charge in [-0.3, -0.25) is 14.9 Å². The van der Waals surface area contributed by atoms with Crippen LogP contribution in [0, 0.1) is 10.1 Å². The Morgan fingerprint density at radius 3 is 2.60 bits per heavy atom. The second kappa shape index (κ2) is 6.28. The predicted molar refractivity (Wildman–Crippen MR) is 67.0 cm³/mol. The summed E-state index contributed by atoms with van der Waals surface area (Å²) in [5.41, 5.74) is -0.361. The first kappa shape index (κ1) is 15.8. The molecule has 0 bridgehead atoms. The summed E-state index contributed by atoms with van der Waals surface area (Å²) in [5, 5.41) is 10.8. The lowest BCUT2D eigenvalue weighted by atomic mass is 10.3. The van der Waals surface area contributed by atoms with Gasteiger partial charge in [0.15, 0.2) is 9.84 Å². The molecule has 0 radical (unpaired) electrons. The molecule has 1 aromatic heterocycles. The summed E-state index contributed by atoms with van der Waals surface area (Å²) in [6.45, 7) is 0. The lowest BCUT2D eigenvalue weighted by Crippen LogP contribution is -2.19. The van der Waals surface area contributed by atoms with Crippen molar-refractivity contribution in [2.45, 2.75) is 5.75 Å². The van der Waals surface area contributed by atoms with Crippen LogP contribution in [0.25, 0.3) is 0 Å². The molecule has 10 heteroatoms. The van der Waals surface area contributed by atoms with Crippen molar-refractivity contribution in [3.63, 3.8) is 0 Å². The van der Waals surface area contributed by atoms with Crippen molar-refractivity contribution in [1.82, 2.24) is 4.98 Å². The first-order valence-corrected chi connectivity index (χ1v) is 7.05. The first-order chi connectivity index (χ1) is 9.29. The highest BCUT2D eigenvalue weighted by Crippen LogP contribution is 2.25. The molecule has 0 saturated carbocycles. The average molecular weight is 304 g/mol. The van der Waals surface area contributed by atoms with Crippen LogP contribution in [0.2, 0.25) is 0 Å². The van der Waals surface area contributed by atoms with Gasteiger partial charge in [-0.25, -0.2) is 13.4 Å². The highest BCUT2D eigenvalue weighted by molar-refractivity contribution is 7.91. The molecule has 0 unspecified atom stereocenters. The van der Waals surface area contributed by atoms with Gasteiger partial charge in [0.2, 0.25) is 0 Å². The summed E-state index contributed by atoms with van der Waals surface area (Å²) in [6, 6.07) is 1.04. The normalized spacial score (nSPS) is 10.9. The van der Waals surface area contributed by atoms with E-state index < -0.39 is 37.9 Å². The molecule has 20 heavy (non-hydrogen) atoms. The molecule has 1 rings (SSSR count). The largest absolute Gasteiger partial charge is 0.476 e. The third-order valence-corrected chi connectivity index (χ3v) is 3.68. The fourth-order valence-corrected chi connectivity index (χ4v) is 2.64. The lowest BCUT2D eigenvalue weighted by molar-refractivity contribution is -0.386. The zero-order chi connectivity index (χ0) is 15.3. The van der Waals surface area contributed by atoms with E-state index >= 15 is 0 Å². The number of carbonyl (C=O) groups excluding carboxylic acids is 1. The van der Waals surface area contributed by atoms with E-state index in [1.165, 1.54) is 7.11 Å². The molecule has 110 valence electrons. The number of pyridine rings is 1. The Balaban J connectivity index is 3.02. The van der Waals surface area contributed by atoms with E-state index in [0.717, 1.165) is 19.4 Å². The standard InChI is InChI=1S/C10H12N2O7S/c1-18-9(13)6-20(16,17)5-7-3-8(12(14)15)10(19-2)11-4-7/h3-4H,5-6H2,1-2H3. The Kier molecular flexibility index (Phi) is 4.97. The van der Waals surface area contributed by atoms with Crippen LogP contribution in [0.1, 0.15) is 5.56 Å². The number of nitrogens with zero attached hydrogens (tertiary/aromatic N) is 2. The number of hydrogen-bond donors (Lipinski definition) is 0. The van der Waals surface area contributed by atoms with Crippen molar-refractivity contribution in [1.29, 1.82) is 0 Å². The van der Waals surface area contributed by atoms with Gasteiger partial charge in [-0.05, 0) is 5.56 Å². The van der Waals surface area contributed by atoms with E-state index in [1.54, 1.807) is 0 Å². The summed E-state index contributed by atoms with van der Waals surface area (Å²) in [5.74, 6) is -2.48. The van der Waals surface area contributed by atoms with Crippen LogP contribution in [-0.2, 0) is 25.1 Å². The quantitative estimate of drug-likeness (QED) is 0.411. The maximum absolute atomic E-state index is 11.7. The highest BCUT2D eigenvalue weighted by atomic mass is 32.2. The Labute approximate surface area is 114 Å². The van der Waals surface area contributed by atoms with Crippen molar-refractivity contribution in [2.24, 2.45) is 0 Å². The van der Waals surface area contributed by atoms with Crippen molar-refractivity contribution in [2.75, 3.05) is 20.0 Å². The van der Waals surface area contributed by atoms with Crippen molar-refractivity contribution >= 4 is 21.5 Å². The van der Waals surface area contributed by atoms with E-state index in [0.29, 0.717) is 0 Å². The highest BCUT2D eigenvalue weighted by Gasteiger charge is 2.22. The molecule has 0 spiro atoms. The molecule has 1 heterocycles. The smallest absolute Gasteiger partial charge is 0.331 e. The van der Waals surface area contributed by atoms with Gasteiger partial charge in [-0.2, -0.15) is 0 Å². The maximum Gasteiger partial charge on any atom is 0.331 e. The van der Waals surface area contributed by atoms with Crippen LogP contribution in [0.5, 0.6) is 5.88 Å². The van der Waals surface area contributed by atoms with E-state index in [2.05, 4.69) is 9.72 Å². The van der Waals surface area contributed by atoms with Crippen molar-refractivity contribution in [3.05, 3.63) is 27.9 Å². The molecule has 0 atom stereocenters. The first-order valence-electron chi connectivity index (χ1n) is 5.23. The van der Waals surface area contributed by atoms with Gasteiger partial charge < -0.3 is 9.47 Å². The van der Waals surface area contributed by atoms with Gasteiger partial charge in [0.1, 0.15) is 5.75 Å². The number of rotatable bonds is 6. The molecule has 0 aromatic carbocycles. The molecule has 0 fully saturated rings. The number of aromatic nitrogens is 1. The minimum atomic E-state index is -3.79. The summed E-state index contributed by atoms with van der Waals surface area (Å²) in [4.78, 5) is 24.7. The van der Waals surface area contributed by atoms with Crippen LogP contribution in [0.15, 0.2) is 12.3 Å². The van der Waals surface area contributed by atoms with Crippen LogP contribution < -0.4 is 4.74 Å². The van der Waals surface area contributed by atoms with Gasteiger partial charge in [0, 0.05) is 12.3 Å². The molecule has 0 aliphatic heterocycles. The molecule has 0 aliphatic rings. The SMILES string of the molecule is COC(=O)CS(=O)(=O)Cc1cnc(OC)c([N+](=O)[O-])c1. The fraction of sp³-hybridized carbons (Fsp3) is 0.400. The van der Waals surface area contributed by atoms with Gasteiger partial charge in [-0.15, -0.1) is 0 Å². The summed E-state index contributed by atoms with van der Waals surface area (Å²) in [6.07, 6.45) is 1.14. The molecular formula is C10H12N2O7S. The minimum absolute atomic E-state index is 0.0846. The van der Waals surface area contributed by atoms with Gasteiger partial charge in [0.25, 0.3) is 5.88 Å². The number of methoxy groups -OCH3 is 2. The molecule has 9 nitrogen and oxygen atoms in total. The van der Waals surface area contributed by atoms with Crippen LogP contribution in [0.4, 0.5) is 5.69 Å². The Hall–Kier alpha value is -2.23. The van der Waals surface area contributed by atoms with E-state index in [-0.39, 0.29) is 11.4 Å². The topological polar surface area (TPSA) is 126 Å². The second-order valence-electron chi connectivity index (χ2n) is 3.74. The predicted octanol–water partition coefficient (Wildman–Crippen LogP) is 0.0862. The molecule has 0 aliphatic carbocycles. The fourth-order valence-electron chi connectivity index (χ4n) is 1.39. The number of hydrogen-bond acceptors (Lipinski definition) is 8. The monoisotopic (exact) mass is 304 g/mol. The van der Waals surface area contributed by atoms with Gasteiger partial charge >= 0.3 is 11.7 Å². The number of carbonyl (C=O) groups is 1. The Bertz CT molecular complexity index is 626. The minimum Gasteiger partial charge on any atom is -0.476 e.